The van der Waals surface area contributed by atoms with Crippen LogP contribution >= 0.6 is 0 Å². The molecule has 0 saturated carbocycles. The Balaban J connectivity index is 1.52. The van der Waals surface area contributed by atoms with Crippen molar-refractivity contribution < 1.29 is 14.3 Å². The van der Waals surface area contributed by atoms with Crippen molar-refractivity contribution in [2.45, 2.75) is 25.9 Å². The number of para-hydroxylation sites is 2. The SMILES string of the molecule is CCOc1ccccc1NC(=O)N1CCC(Oc2ccccn2)CC1. The van der Waals surface area contributed by atoms with E-state index in [4.69, 9.17) is 9.47 Å². The highest BCUT2D eigenvalue weighted by Crippen LogP contribution is 2.25. The lowest BCUT2D eigenvalue weighted by Gasteiger charge is -2.32. The quantitative estimate of drug-likeness (QED) is 0.903. The zero-order valence-electron chi connectivity index (χ0n) is 14.4. The number of carbonyl (C=O) groups is 1. The Bertz CT molecular complexity index is 685. The highest BCUT2D eigenvalue weighted by Gasteiger charge is 2.24. The molecule has 0 atom stereocenters. The van der Waals surface area contributed by atoms with Gasteiger partial charge in [0.1, 0.15) is 11.9 Å². The van der Waals surface area contributed by atoms with Gasteiger partial charge in [-0.1, -0.05) is 18.2 Å². The molecule has 0 aliphatic carbocycles. The van der Waals surface area contributed by atoms with Gasteiger partial charge in [-0.25, -0.2) is 9.78 Å². The molecule has 0 radical (unpaired) electrons. The zero-order chi connectivity index (χ0) is 17.5. The molecule has 3 rings (SSSR count). The fourth-order valence-electron chi connectivity index (χ4n) is 2.81. The largest absolute Gasteiger partial charge is 0.492 e. The Morgan fingerprint density at radius 3 is 2.68 bits per heavy atom. The number of likely N-dealkylation sites (tertiary alicyclic amines) is 1. The lowest BCUT2D eigenvalue weighted by molar-refractivity contribution is 0.111. The van der Waals surface area contributed by atoms with E-state index in [1.807, 2.05) is 49.4 Å². The summed E-state index contributed by atoms with van der Waals surface area (Å²) >= 11 is 0. The van der Waals surface area contributed by atoms with Crippen molar-refractivity contribution in [1.82, 2.24) is 9.88 Å². The minimum absolute atomic E-state index is 0.0923. The molecule has 1 N–H and O–H groups in total. The van der Waals surface area contributed by atoms with E-state index in [1.165, 1.54) is 0 Å². The van der Waals surface area contributed by atoms with Crippen molar-refractivity contribution in [1.29, 1.82) is 0 Å². The number of ether oxygens (including phenoxy) is 2. The van der Waals surface area contributed by atoms with E-state index < -0.39 is 0 Å². The number of hydrogen-bond donors (Lipinski definition) is 1. The molecular weight excluding hydrogens is 318 g/mol. The molecule has 132 valence electrons. The molecule has 2 heterocycles. The minimum atomic E-state index is -0.108. The number of urea groups is 1. The Kier molecular flexibility index (Phi) is 5.72. The average Bonchev–Trinajstić information content (AvgIpc) is 2.65. The summed E-state index contributed by atoms with van der Waals surface area (Å²) in [6.45, 7) is 3.79. The van der Waals surface area contributed by atoms with Crippen molar-refractivity contribution >= 4 is 11.7 Å². The van der Waals surface area contributed by atoms with Gasteiger partial charge in [-0.3, -0.25) is 0 Å². The Labute approximate surface area is 147 Å². The van der Waals surface area contributed by atoms with Gasteiger partial charge in [-0.2, -0.15) is 0 Å². The maximum Gasteiger partial charge on any atom is 0.321 e. The highest BCUT2D eigenvalue weighted by molar-refractivity contribution is 5.91. The maximum atomic E-state index is 12.5. The summed E-state index contributed by atoms with van der Waals surface area (Å²) in [5, 5.41) is 2.94. The smallest absolute Gasteiger partial charge is 0.321 e. The van der Waals surface area contributed by atoms with Gasteiger partial charge in [0.05, 0.1) is 12.3 Å². The molecule has 1 aromatic carbocycles. The van der Waals surface area contributed by atoms with Crippen LogP contribution in [0.5, 0.6) is 11.6 Å². The van der Waals surface area contributed by atoms with Crippen molar-refractivity contribution in [2.75, 3.05) is 25.0 Å². The summed E-state index contributed by atoms with van der Waals surface area (Å²) in [5.74, 6) is 1.32. The molecule has 1 saturated heterocycles. The third-order valence-corrected chi connectivity index (χ3v) is 4.08. The number of aromatic nitrogens is 1. The Morgan fingerprint density at radius 1 is 1.20 bits per heavy atom. The van der Waals surface area contributed by atoms with Gasteiger partial charge < -0.3 is 19.7 Å². The van der Waals surface area contributed by atoms with E-state index in [0.29, 0.717) is 37.0 Å². The number of piperidine rings is 1. The summed E-state index contributed by atoms with van der Waals surface area (Å²) in [7, 11) is 0. The number of carbonyl (C=O) groups excluding carboxylic acids is 1. The molecule has 0 spiro atoms. The van der Waals surface area contributed by atoms with Crippen LogP contribution in [0, 0.1) is 0 Å². The van der Waals surface area contributed by atoms with Crippen LogP contribution in [0.15, 0.2) is 48.7 Å². The lowest BCUT2D eigenvalue weighted by atomic mass is 10.1. The standard InChI is InChI=1S/C19H23N3O3/c1-2-24-17-8-4-3-7-16(17)21-19(23)22-13-10-15(11-14-22)25-18-9-5-6-12-20-18/h3-9,12,15H,2,10-11,13-14H2,1H3,(H,21,23). The van der Waals surface area contributed by atoms with Crippen LogP contribution in [0.1, 0.15) is 19.8 Å². The topological polar surface area (TPSA) is 63.7 Å². The van der Waals surface area contributed by atoms with E-state index in [-0.39, 0.29) is 12.1 Å². The van der Waals surface area contributed by atoms with Crippen LogP contribution < -0.4 is 14.8 Å². The third kappa shape index (κ3) is 4.62. The number of benzene rings is 1. The highest BCUT2D eigenvalue weighted by atomic mass is 16.5. The van der Waals surface area contributed by atoms with Crippen LogP contribution in [0.25, 0.3) is 0 Å². The van der Waals surface area contributed by atoms with E-state index in [1.54, 1.807) is 11.1 Å². The van der Waals surface area contributed by atoms with Crippen LogP contribution in [0.2, 0.25) is 0 Å². The normalized spacial score (nSPS) is 14.8. The van der Waals surface area contributed by atoms with E-state index in [0.717, 1.165) is 12.8 Å². The van der Waals surface area contributed by atoms with Gasteiger partial charge in [0.15, 0.2) is 0 Å². The second kappa shape index (κ2) is 8.37. The predicted molar refractivity (Wildman–Crippen MR) is 96.1 cm³/mol. The van der Waals surface area contributed by atoms with Gasteiger partial charge in [0, 0.05) is 38.2 Å². The van der Waals surface area contributed by atoms with E-state index in [2.05, 4.69) is 10.3 Å². The molecule has 2 aromatic rings. The first-order chi connectivity index (χ1) is 12.3. The second-order valence-corrected chi connectivity index (χ2v) is 5.83. The maximum absolute atomic E-state index is 12.5. The van der Waals surface area contributed by atoms with Gasteiger partial charge in [-0.05, 0) is 25.1 Å². The first-order valence-corrected chi connectivity index (χ1v) is 8.61. The van der Waals surface area contributed by atoms with Crippen molar-refractivity contribution in [2.24, 2.45) is 0 Å². The van der Waals surface area contributed by atoms with Crippen molar-refractivity contribution in [3.63, 3.8) is 0 Å². The Hall–Kier alpha value is -2.76. The van der Waals surface area contributed by atoms with E-state index in [9.17, 15) is 4.79 Å². The zero-order valence-corrected chi connectivity index (χ0v) is 14.4. The monoisotopic (exact) mass is 341 g/mol. The van der Waals surface area contributed by atoms with E-state index >= 15 is 0 Å². The lowest BCUT2D eigenvalue weighted by Crippen LogP contribution is -2.43. The summed E-state index contributed by atoms with van der Waals surface area (Å²) in [6, 6.07) is 13.0. The molecule has 0 unspecified atom stereocenters. The molecule has 6 nitrogen and oxygen atoms in total. The Morgan fingerprint density at radius 2 is 1.96 bits per heavy atom. The molecule has 1 fully saturated rings. The van der Waals surface area contributed by atoms with Gasteiger partial charge in [-0.15, -0.1) is 0 Å². The average molecular weight is 341 g/mol. The van der Waals surface area contributed by atoms with Crippen molar-refractivity contribution in [3.8, 4) is 11.6 Å². The van der Waals surface area contributed by atoms with Crippen molar-refractivity contribution in [3.05, 3.63) is 48.7 Å². The third-order valence-electron chi connectivity index (χ3n) is 4.08. The van der Waals surface area contributed by atoms with Gasteiger partial charge in [0.25, 0.3) is 0 Å². The molecule has 2 amide bonds. The van der Waals surface area contributed by atoms with Crippen LogP contribution in [0.4, 0.5) is 10.5 Å². The number of nitrogens with zero attached hydrogens (tertiary/aromatic N) is 2. The molecule has 1 aliphatic rings. The number of pyridine rings is 1. The first kappa shape index (κ1) is 17.1. The molecule has 25 heavy (non-hydrogen) atoms. The minimum Gasteiger partial charge on any atom is -0.492 e. The summed E-state index contributed by atoms with van der Waals surface area (Å²) in [5.41, 5.74) is 0.696. The molecule has 1 aliphatic heterocycles. The molecule has 0 bridgehead atoms. The van der Waals surface area contributed by atoms with Crippen LogP contribution in [-0.2, 0) is 0 Å². The number of amides is 2. The summed E-state index contributed by atoms with van der Waals surface area (Å²) < 4.78 is 11.4. The molecule has 1 aromatic heterocycles. The molecule has 6 heteroatoms. The summed E-state index contributed by atoms with van der Waals surface area (Å²) in [6.07, 6.45) is 3.39. The fraction of sp³-hybridized carbons (Fsp3) is 0.368. The van der Waals surface area contributed by atoms with Gasteiger partial charge in [0.2, 0.25) is 5.88 Å². The second-order valence-electron chi connectivity index (χ2n) is 5.83. The number of anilines is 1. The van der Waals surface area contributed by atoms with Crippen LogP contribution in [-0.4, -0.2) is 41.7 Å². The number of rotatable bonds is 5. The predicted octanol–water partition coefficient (Wildman–Crippen LogP) is 3.56. The fourth-order valence-corrected chi connectivity index (χ4v) is 2.81. The molecular formula is C19H23N3O3. The van der Waals surface area contributed by atoms with Crippen LogP contribution in [0.3, 0.4) is 0 Å². The van der Waals surface area contributed by atoms with Gasteiger partial charge >= 0.3 is 6.03 Å². The first-order valence-electron chi connectivity index (χ1n) is 8.61. The number of hydrogen-bond acceptors (Lipinski definition) is 4. The summed E-state index contributed by atoms with van der Waals surface area (Å²) in [4.78, 5) is 18.5. The number of nitrogens with one attached hydrogen (secondary N) is 1.